The highest BCUT2D eigenvalue weighted by Gasteiger charge is 2.09. The number of carbonyl (C=O) groups excluding carboxylic acids is 1. The highest BCUT2D eigenvalue weighted by Crippen LogP contribution is 2.28. The van der Waals surface area contributed by atoms with E-state index in [-0.39, 0.29) is 5.82 Å². The Labute approximate surface area is 130 Å². The monoisotopic (exact) mass is 313 g/mol. The van der Waals surface area contributed by atoms with E-state index in [1.54, 1.807) is 47.8 Å². The van der Waals surface area contributed by atoms with E-state index in [9.17, 15) is 9.18 Å². The first-order chi connectivity index (χ1) is 10.6. The lowest BCUT2D eigenvalue weighted by Crippen LogP contribution is -2.10. The lowest BCUT2D eigenvalue weighted by atomic mass is 10.2. The zero-order valence-electron chi connectivity index (χ0n) is 11.4. The van der Waals surface area contributed by atoms with Crippen LogP contribution in [0.15, 0.2) is 53.9 Å². The predicted molar refractivity (Wildman–Crippen MR) is 85.8 cm³/mol. The van der Waals surface area contributed by atoms with Crippen LogP contribution in [0.1, 0.15) is 10.4 Å². The van der Waals surface area contributed by atoms with Crippen molar-refractivity contribution >= 4 is 28.1 Å². The number of hydrogen-bond donors (Lipinski definition) is 2. The summed E-state index contributed by atoms with van der Waals surface area (Å²) in [6.45, 7) is 0. The highest BCUT2D eigenvalue weighted by atomic mass is 32.1. The minimum absolute atomic E-state index is 0.310. The van der Waals surface area contributed by atoms with Gasteiger partial charge in [-0.15, -0.1) is 11.3 Å². The van der Waals surface area contributed by atoms with Gasteiger partial charge in [0.05, 0.1) is 5.69 Å². The zero-order valence-corrected chi connectivity index (χ0v) is 12.2. The minimum atomic E-state index is -0.491. The van der Waals surface area contributed by atoms with Crippen molar-refractivity contribution in [2.45, 2.75) is 0 Å². The van der Waals surface area contributed by atoms with Crippen molar-refractivity contribution in [1.82, 2.24) is 4.98 Å². The van der Waals surface area contributed by atoms with Crippen molar-refractivity contribution in [3.8, 4) is 11.3 Å². The molecule has 1 heterocycles. The number of rotatable bonds is 4. The third-order valence-corrected chi connectivity index (χ3v) is 3.81. The van der Waals surface area contributed by atoms with Gasteiger partial charge in [-0.2, -0.15) is 0 Å². The number of nitrogens with zero attached hydrogens (tertiary/aromatic N) is 1. The molecule has 0 aliphatic heterocycles. The normalized spacial score (nSPS) is 10.4. The fourth-order valence-corrected chi connectivity index (χ4v) is 2.73. The molecular formula is C16H12FN3OS. The summed E-state index contributed by atoms with van der Waals surface area (Å²) in [4.78, 5) is 15.5. The van der Waals surface area contributed by atoms with Crippen LogP contribution in [0.4, 0.5) is 15.2 Å². The van der Waals surface area contributed by atoms with E-state index in [1.807, 2.05) is 0 Å². The van der Waals surface area contributed by atoms with E-state index in [2.05, 4.69) is 10.3 Å². The summed E-state index contributed by atoms with van der Waals surface area (Å²) in [5, 5.41) is 5.47. The van der Waals surface area contributed by atoms with Crippen molar-refractivity contribution in [2.75, 3.05) is 5.32 Å². The summed E-state index contributed by atoms with van der Waals surface area (Å²) in [5.41, 5.74) is 7.39. The van der Waals surface area contributed by atoms with Gasteiger partial charge in [0.25, 0.3) is 0 Å². The van der Waals surface area contributed by atoms with Crippen LogP contribution in [0.2, 0.25) is 0 Å². The highest BCUT2D eigenvalue weighted by molar-refractivity contribution is 7.14. The van der Waals surface area contributed by atoms with Gasteiger partial charge in [-0.05, 0) is 30.3 Å². The van der Waals surface area contributed by atoms with Crippen molar-refractivity contribution < 1.29 is 9.18 Å². The number of aromatic nitrogens is 1. The fraction of sp³-hybridized carbons (Fsp3) is 0. The fourth-order valence-electron chi connectivity index (χ4n) is 2.00. The van der Waals surface area contributed by atoms with Crippen LogP contribution >= 0.6 is 11.3 Å². The van der Waals surface area contributed by atoms with Crippen molar-refractivity contribution in [1.29, 1.82) is 0 Å². The van der Waals surface area contributed by atoms with Crippen LogP contribution in [0.25, 0.3) is 11.3 Å². The second kappa shape index (κ2) is 5.95. The van der Waals surface area contributed by atoms with E-state index in [4.69, 9.17) is 5.73 Å². The molecule has 3 aromatic rings. The molecule has 1 aromatic heterocycles. The van der Waals surface area contributed by atoms with Gasteiger partial charge in [0, 0.05) is 22.2 Å². The summed E-state index contributed by atoms with van der Waals surface area (Å²) in [7, 11) is 0. The quantitative estimate of drug-likeness (QED) is 0.770. The minimum Gasteiger partial charge on any atom is -0.366 e. The number of benzene rings is 2. The lowest BCUT2D eigenvalue weighted by Gasteiger charge is -2.04. The molecule has 0 bridgehead atoms. The number of thiazole rings is 1. The van der Waals surface area contributed by atoms with Crippen LogP contribution in [-0.4, -0.2) is 10.9 Å². The molecule has 3 N–H and O–H groups in total. The molecule has 0 aliphatic rings. The predicted octanol–water partition coefficient (Wildman–Crippen LogP) is 3.79. The van der Waals surface area contributed by atoms with Crippen LogP contribution in [0.3, 0.4) is 0 Å². The van der Waals surface area contributed by atoms with Crippen molar-refractivity contribution in [3.63, 3.8) is 0 Å². The molecule has 2 aromatic carbocycles. The van der Waals surface area contributed by atoms with Crippen LogP contribution < -0.4 is 11.1 Å². The Bertz CT molecular complexity index is 832. The van der Waals surface area contributed by atoms with Gasteiger partial charge in [0.2, 0.25) is 5.91 Å². The first-order valence-corrected chi connectivity index (χ1v) is 7.39. The van der Waals surface area contributed by atoms with Gasteiger partial charge in [0.1, 0.15) is 5.82 Å². The molecule has 0 fully saturated rings. The molecule has 0 spiro atoms. The van der Waals surface area contributed by atoms with Crippen LogP contribution in [-0.2, 0) is 0 Å². The molecule has 6 heteroatoms. The number of nitrogens with two attached hydrogens (primary N) is 1. The maximum absolute atomic E-state index is 13.7. The third kappa shape index (κ3) is 2.96. The maximum atomic E-state index is 13.7. The number of carbonyl (C=O) groups is 1. The number of anilines is 2. The first-order valence-electron chi connectivity index (χ1n) is 6.51. The van der Waals surface area contributed by atoms with Crippen LogP contribution in [0, 0.1) is 5.82 Å². The number of amides is 1. The zero-order chi connectivity index (χ0) is 15.5. The Morgan fingerprint density at radius 3 is 2.77 bits per heavy atom. The average Bonchev–Trinajstić information content (AvgIpc) is 2.96. The molecule has 4 nitrogen and oxygen atoms in total. The van der Waals surface area contributed by atoms with Gasteiger partial charge in [-0.25, -0.2) is 9.37 Å². The molecule has 22 heavy (non-hydrogen) atoms. The van der Waals surface area contributed by atoms with Gasteiger partial charge in [-0.1, -0.05) is 18.2 Å². The average molecular weight is 313 g/mol. The smallest absolute Gasteiger partial charge is 0.248 e. The standard InChI is InChI=1S/C16H12FN3OS/c17-13-7-2-1-6-12(13)14-9-22-16(20-14)19-11-5-3-4-10(8-11)15(18)21/h1-9H,(H2,18,21)(H,19,20). The van der Waals surface area contributed by atoms with E-state index < -0.39 is 5.91 Å². The molecule has 0 saturated carbocycles. The van der Waals surface area contributed by atoms with Crippen molar-refractivity contribution in [2.24, 2.45) is 5.73 Å². The number of hydrogen-bond acceptors (Lipinski definition) is 4. The Kier molecular flexibility index (Phi) is 3.84. The molecule has 1 amide bonds. The van der Waals surface area contributed by atoms with Crippen LogP contribution in [0.5, 0.6) is 0 Å². The Morgan fingerprint density at radius 1 is 1.18 bits per heavy atom. The van der Waals surface area contributed by atoms with Gasteiger partial charge in [-0.3, -0.25) is 4.79 Å². The summed E-state index contributed by atoms with van der Waals surface area (Å²) in [6, 6.07) is 13.3. The maximum Gasteiger partial charge on any atom is 0.248 e. The topological polar surface area (TPSA) is 68.0 Å². The number of halogens is 1. The van der Waals surface area contributed by atoms with E-state index in [0.717, 1.165) is 0 Å². The molecule has 0 radical (unpaired) electrons. The molecule has 110 valence electrons. The van der Waals surface area contributed by atoms with E-state index in [1.165, 1.54) is 17.4 Å². The molecule has 0 atom stereocenters. The summed E-state index contributed by atoms with van der Waals surface area (Å²) in [5.74, 6) is -0.801. The Hall–Kier alpha value is -2.73. The summed E-state index contributed by atoms with van der Waals surface area (Å²) >= 11 is 1.36. The molecular weight excluding hydrogens is 301 g/mol. The molecule has 3 rings (SSSR count). The number of nitrogens with one attached hydrogen (secondary N) is 1. The van der Waals surface area contributed by atoms with E-state index >= 15 is 0 Å². The van der Waals surface area contributed by atoms with Gasteiger partial charge < -0.3 is 11.1 Å². The summed E-state index contributed by atoms with van der Waals surface area (Å²) < 4.78 is 13.7. The third-order valence-electron chi connectivity index (χ3n) is 3.05. The lowest BCUT2D eigenvalue weighted by molar-refractivity contribution is 0.100. The molecule has 0 aliphatic carbocycles. The largest absolute Gasteiger partial charge is 0.366 e. The summed E-state index contributed by atoms with van der Waals surface area (Å²) in [6.07, 6.45) is 0. The van der Waals surface area contributed by atoms with Crippen molar-refractivity contribution in [3.05, 3.63) is 65.3 Å². The second-order valence-corrected chi connectivity index (χ2v) is 5.45. The van der Waals surface area contributed by atoms with E-state index in [0.29, 0.717) is 27.6 Å². The SMILES string of the molecule is NC(=O)c1cccc(Nc2nc(-c3ccccc3F)cs2)c1. The molecule has 0 saturated heterocycles. The number of primary amides is 1. The first kappa shape index (κ1) is 14.2. The van der Waals surface area contributed by atoms with Gasteiger partial charge in [0.15, 0.2) is 5.13 Å². The Morgan fingerprint density at radius 2 is 2.00 bits per heavy atom. The van der Waals surface area contributed by atoms with Gasteiger partial charge >= 0.3 is 0 Å². The second-order valence-electron chi connectivity index (χ2n) is 4.59. The molecule has 0 unspecified atom stereocenters. The Balaban J connectivity index is 1.85.